The average molecular weight is 301 g/mol. The molecule has 0 amide bonds. The summed E-state index contributed by atoms with van der Waals surface area (Å²) < 4.78 is 28.1. The summed E-state index contributed by atoms with van der Waals surface area (Å²) in [6.07, 6.45) is 1.12. The lowest BCUT2D eigenvalue weighted by molar-refractivity contribution is 0.312. The Morgan fingerprint density at radius 2 is 1.85 bits per heavy atom. The third-order valence-electron chi connectivity index (χ3n) is 3.00. The molecule has 1 saturated heterocycles. The standard InChI is InChI=1S/C11H19N5O3S/c1-3-19-11-15-9(12-2)14-10(16-11)13-8-4-6-20(17,18)7-5-8/h8H,3-7H2,1-2H3,(H2,12,13,14,15,16). The molecule has 9 heteroatoms. The van der Waals surface area contributed by atoms with Crippen molar-refractivity contribution in [1.82, 2.24) is 15.0 Å². The van der Waals surface area contributed by atoms with E-state index in [0.29, 0.717) is 31.3 Å². The summed E-state index contributed by atoms with van der Waals surface area (Å²) in [6.45, 7) is 2.32. The predicted octanol–water partition coefficient (Wildman–Crippen LogP) is 0.301. The topological polar surface area (TPSA) is 106 Å². The molecule has 0 unspecified atom stereocenters. The molecule has 0 radical (unpaired) electrons. The molecule has 112 valence electrons. The summed E-state index contributed by atoms with van der Waals surface area (Å²) >= 11 is 0. The zero-order valence-electron chi connectivity index (χ0n) is 11.6. The Hall–Kier alpha value is -1.64. The lowest BCUT2D eigenvalue weighted by atomic mass is 10.2. The SMILES string of the molecule is CCOc1nc(NC)nc(NC2CCS(=O)(=O)CC2)n1. The van der Waals surface area contributed by atoms with Crippen LogP contribution in [0.3, 0.4) is 0 Å². The van der Waals surface area contributed by atoms with Crippen molar-refractivity contribution >= 4 is 21.7 Å². The van der Waals surface area contributed by atoms with Crippen LogP contribution in [0.15, 0.2) is 0 Å². The second kappa shape index (κ2) is 6.21. The van der Waals surface area contributed by atoms with Gasteiger partial charge in [-0.25, -0.2) is 8.42 Å². The Bertz CT molecular complexity index is 549. The van der Waals surface area contributed by atoms with E-state index >= 15 is 0 Å². The fourth-order valence-electron chi connectivity index (χ4n) is 1.94. The molecule has 1 aliphatic rings. The number of hydrogen-bond donors (Lipinski definition) is 2. The van der Waals surface area contributed by atoms with Crippen molar-refractivity contribution in [3.05, 3.63) is 0 Å². The van der Waals surface area contributed by atoms with Crippen LogP contribution in [0.25, 0.3) is 0 Å². The van der Waals surface area contributed by atoms with Gasteiger partial charge < -0.3 is 15.4 Å². The fourth-order valence-corrected chi connectivity index (χ4v) is 3.43. The van der Waals surface area contributed by atoms with E-state index in [2.05, 4.69) is 25.6 Å². The zero-order valence-corrected chi connectivity index (χ0v) is 12.4. The molecule has 2 rings (SSSR count). The molecular weight excluding hydrogens is 282 g/mol. The minimum absolute atomic E-state index is 0.0557. The first kappa shape index (κ1) is 14.8. The van der Waals surface area contributed by atoms with Crippen LogP contribution in [0, 0.1) is 0 Å². The highest BCUT2D eigenvalue weighted by Crippen LogP contribution is 2.17. The minimum atomic E-state index is -2.87. The van der Waals surface area contributed by atoms with Crippen molar-refractivity contribution in [3.8, 4) is 6.01 Å². The molecule has 0 saturated carbocycles. The van der Waals surface area contributed by atoms with Crippen LogP contribution in [0.4, 0.5) is 11.9 Å². The molecule has 2 heterocycles. The molecule has 0 bridgehead atoms. The molecule has 0 aliphatic carbocycles. The van der Waals surface area contributed by atoms with Gasteiger partial charge in [0.25, 0.3) is 0 Å². The van der Waals surface area contributed by atoms with E-state index in [1.807, 2.05) is 6.92 Å². The monoisotopic (exact) mass is 301 g/mol. The third kappa shape index (κ3) is 3.92. The van der Waals surface area contributed by atoms with Crippen LogP contribution in [0.1, 0.15) is 19.8 Å². The second-order valence-electron chi connectivity index (χ2n) is 4.52. The normalized spacial score (nSPS) is 18.5. The van der Waals surface area contributed by atoms with Gasteiger partial charge in [0.15, 0.2) is 0 Å². The van der Waals surface area contributed by atoms with Crippen molar-refractivity contribution in [3.63, 3.8) is 0 Å². The molecule has 0 aromatic carbocycles. The number of anilines is 2. The molecule has 1 fully saturated rings. The van der Waals surface area contributed by atoms with Crippen molar-refractivity contribution < 1.29 is 13.2 Å². The Morgan fingerprint density at radius 1 is 1.20 bits per heavy atom. The molecule has 0 spiro atoms. The van der Waals surface area contributed by atoms with Crippen LogP contribution in [0.5, 0.6) is 6.01 Å². The second-order valence-corrected chi connectivity index (χ2v) is 6.82. The van der Waals surface area contributed by atoms with Crippen LogP contribution >= 0.6 is 0 Å². The number of aromatic nitrogens is 3. The summed E-state index contributed by atoms with van der Waals surface area (Å²) in [5.41, 5.74) is 0. The van der Waals surface area contributed by atoms with E-state index in [1.165, 1.54) is 0 Å². The van der Waals surface area contributed by atoms with E-state index in [-0.39, 0.29) is 23.6 Å². The first-order valence-corrected chi connectivity index (χ1v) is 8.38. The molecule has 1 aromatic rings. The zero-order chi connectivity index (χ0) is 14.6. The van der Waals surface area contributed by atoms with E-state index < -0.39 is 9.84 Å². The maximum atomic E-state index is 11.4. The van der Waals surface area contributed by atoms with E-state index in [1.54, 1.807) is 7.05 Å². The van der Waals surface area contributed by atoms with Gasteiger partial charge in [0.2, 0.25) is 11.9 Å². The van der Waals surface area contributed by atoms with Gasteiger partial charge in [0, 0.05) is 13.1 Å². The summed E-state index contributed by atoms with van der Waals surface area (Å²) in [5.74, 6) is 1.21. The predicted molar refractivity (Wildman–Crippen MR) is 75.8 cm³/mol. The van der Waals surface area contributed by atoms with Gasteiger partial charge in [-0.05, 0) is 19.8 Å². The van der Waals surface area contributed by atoms with E-state index in [0.717, 1.165) is 0 Å². The number of rotatable bonds is 5. The van der Waals surface area contributed by atoms with Gasteiger partial charge in [0.05, 0.1) is 18.1 Å². The molecule has 0 atom stereocenters. The summed E-state index contributed by atoms with van der Waals surface area (Å²) in [5, 5.41) is 5.98. The summed E-state index contributed by atoms with van der Waals surface area (Å²) in [6, 6.07) is 0.304. The first-order chi connectivity index (χ1) is 9.52. The number of nitrogens with one attached hydrogen (secondary N) is 2. The van der Waals surface area contributed by atoms with Crippen molar-refractivity contribution in [1.29, 1.82) is 0 Å². The Balaban J connectivity index is 2.07. The summed E-state index contributed by atoms with van der Waals surface area (Å²) in [4.78, 5) is 12.4. The number of nitrogens with zero attached hydrogens (tertiary/aromatic N) is 3. The van der Waals surface area contributed by atoms with Gasteiger partial charge in [-0.2, -0.15) is 15.0 Å². The number of ether oxygens (including phenoxy) is 1. The Kier molecular flexibility index (Phi) is 4.58. The van der Waals surface area contributed by atoms with Gasteiger partial charge >= 0.3 is 6.01 Å². The van der Waals surface area contributed by atoms with Gasteiger partial charge in [-0.15, -0.1) is 0 Å². The Labute approximate surface area is 118 Å². The van der Waals surface area contributed by atoms with Crippen LogP contribution in [-0.2, 0) is 9.84 Å². The highest BCUT2D eigenvalue weighted by Gasteiger charge is 2.24. The summed E-state index contributed by atoms with van der Waals surface area (Å²) in [7, 11) is -1.16. The first-order valence-electron chi connectivity index (χ1n) is 6.56. The maximum Gasteiger partial charge on any atom is 0.323 e. The van der Waals surface area contributed by atoms with Crippen LogP contribution in [0.2, 0.25) is 0 Å². The fraction of sp³-hybridized carbons (Fsp3) is 0.727. The molecule has 1 aromatic heterocycles. The third-order valence-corrected chi connectivity index (χ3v) is 4.72. The lowest BCUT2D eigenvalue weighted by Gasteiger charge is -2.23. The highest BCUT2D eigenvalue weighted by molar-refractivity contribution is 7.91. The molecule has 8 nitrogen and oxygen atoms in total. The van der Waals surface area contributed by atoms with Crippen LogP contribution in [-0.4, -0.2) is 54.6 Å². The Morgan fingerprint density at radius 3 is 2.45 bits per heavy atom. The van der Waals surface area contributed by atoms with Crippen molar-refractivity contribution in [2.24, 2.45) is 0 Å². The minimum Gasteiger partial charge on any atom is -0.464 e. The largest absolute Gasteiger partial charge is 0.464 e. The maximum absolute atomic E-state index is 11.4. The van der Waals surface area contributed by atoms with Gasteiger partial charge in [-0.3, -0.25) is 0 Å². The van der Waals surface area contributed by atoms with Gasteiger partial charge in [-0.1, -0.05) is 0 Å². The van der Waals surface area contributed by atoms with Crippen molar-refractivity contribution in [2.45, 2.75) is 25.8 Å². The molecule has 20 heavy (non-hydrogen) atoms. The smallest absolute Gasteiger partial charge is 0.323 e. The van der Waals surface area contributed by atoms with Gasteiger partial charge in [0.1, 0.15) is 9.84 Å². The van der Waals surface area contributed by atoms with Crippen LogP contribution < -0.4 is 15.4 Å². The van der Waals surface area contributed by atoms with E-state index in [9.17, 15) is 8.42 Å². The lowest BCUT2D eigenvalue weighted by Crippen LogP contribution is -2.32. The number of hydrogen-bond acceptors (Lipinski definition) is 8. The number of sulfone groups is 1. The molecule has 1 aliphatic heterocycles. The molecular formula is C11H19N5O3S. The van der Waals surface area contributed by atoms with Crippen molar-refractivity contribution in [2.75, 3.05) is 35.8 Å². The average Bonchev–Trinajstić information content (AvgIpc) is 2.41. The van der Waals surface area contributed by atoms with E-state index in [4.69, 9.17) is 4.74 Å². The highest BCUT2D eigenvalue weighted by atomic mass is 32.2. The quantitative estimate of drug-likeness (QED) is 0.800. The molecule has 2 N–H and O–H groups in total.